The minimum atomic E-state index is -3.68. The number of nitrogens with zero attached hydrogens (tertiary/aromatic N) is 3. The van der Waals surface area contributed by atoms with Gasteiger partial charge in [0.05, 0.1) is 6.33 Å². The van der Waals surface area contributed by atoms with Crippen LogP contribution in [0.15, 0.2) is 11.4 Å². The van der Waals surface area contributed by atoms with Crippen LogP contribution in [0.1, 0.15) is 25.7 Å². The van der Waals surface area contributed by atoms with Crippen LogP contribution < -0.4 is 0 Å². The van der Waals surface area contributed by atoms with E-state index >= 15 is 0 Å². The van der Waals surface area contributed by atoms with E-state index in [1.807, 2.05) is 0 Å². The number of halogens is 1. The van der Waals surface area contributed by atoms with E-state index in [1.165, 1.54) is 15.2 Å². The fourth-order valence-corrected chi connectivity index (χ4v) is 4.20. The lowest BCUT2D eigenvalue weighted by molar-refractivity contribution is 0.198. The summed E-state index contributed by atoms with van der Waals surface area (Å²) in [5.41, 5.74) is 0. The van der Waals surface area contributed by atoms with E-state index in [9.17, 15) is 8.42 Å². The molecule has 0 bridgehead atoms. The number of imidazole rings is 1. The van der Waals surface area contributed by atoms with Gasteiger partial charge in [-0.2, -0.15) is 4.31 Å². The third-order valence-corrected chi connectivity index (χ3v) is 5.85. The largest absolute Gasteiger partial charge is 0.396 e. The lowest BCUT2D eigenvalue weighted by Gasteiger charge is -2.36. The van der Waals surface area contributed by atoms with Gasteiger partial charge in [0.15, 0.2) is 0 Å². The van der Waals surface area contributed by atoms with Crippen molar-refractivity contribution < 1.29 is 13.5 Å². The van der Waals surface area contributed by atoms with E-state index in [0.717, 1.165) is 19.3 Å². The maximum absolute atomic E-state index is 12.6. The van der Waals surface area contributed by atoms with Crippen LogP contribution in [-0.2, 0) is 17.1 Å². The molecule has 1 fully saturated rings. The highest BCUT2D eigenvalue weighted by Gasteiger charge is 2.37. The number of hydrogen-bond donors (Lipinski definition) is 1. The summed E-state index contributed by atoms with van der Waals surface area (Å²) in [6.07, 6.45) is 4.55. The summed E-state index contributed by atoms with van der Waals surface area (Å²) in [7, 11) is -2.04. The van der Waals surface area contributed by atoms with Gasteiger partial charge < -0.3 is 9.67 Å². The molecule has 1 aliphatic rings. The van der Waals surface area contributed by atoms with Crippen molar-refractivity contribution in [1.29, 1.82) is 0 Å². The summed E-state index contributed by atoms with van der Waals surface area (Å²) in [6.45, 7) is 0.269. The standard InChI is InChI=1S/C11H18ClN3O3S/c1-14-8-13-11(10(14)12)19(17,18)15(6-3-7-16)9-4-2-5-9/h8-9,16H,2-7H2,1H3. The monoisotopic (exact) mass is 307 g/mol. The Morgan fingerprint density at radius 1 is 1.58 bits per heavy atom. The zero-order valence-corrected chi connectivity index (χ0v) is 12.4. The second-order valence-corrected chi connectivity index (χ2v) is 6.89. The maximum atomic E-state index is 12.6. The molecule has 1 saturated carbocycles. The van der Waals surface area contributed by atoms with Crippen molar-refractivity contribution >= 4 is 21.6 Å². The quantitative estimate of drug-likeness (QED) is 0.850. The average Bonchev–Trinajstić information content (AvgIpc) is 2.63. The van der Waals surface area contributed by atoms with Crippen LogP contribution in [0.5, 0.6) is 0 Å². The topological polar surface area (TPSA) is 75.4 Å². The van der Waals surface area contributed by atoms with Crippen LogP contribution in [0.4, 0.5) is 0 Å². The molecule has 0 unspecified atom stereocenters. The van der Waals surface area contributed by atoms with Gasteiger partial charge in [0.2, 0.25) is 5.03 Å². The Kier molecular flexibility index (Phi) is 4.50. The van der Waals surface area contributed by atoms with Gasteiger partial charge in [-0.25, -0.2) is 13.4 Å². The molecular weight excluding hydrogens is 290 g/mol. The summed E-state index contributed by atoms with van der Waals surface area (Å²) in [5.74, 6) is 0. The fourth-order valence-electron chi connectivity index (χ4n) is 2.08. The Balaban J connectivity index is 2.30. The van der Waals surface area contributed by atoms with Crippen molar-refractivity contribution in [2.75, 3.05) is 13.2 Å². The second-order valence-electron chi connectivity index (χ2n) is 4.73. The Hall–Kier alpha value is -0.630. The van der Waals surface area contributed by atoms with Gasteiger partial charge >= 0.3 is 0 Å². The van der Waals surface area contributed by atoms with Crippen LogP contribution in [0.3, 0.4) is 0 Å². The normalized spacial score (nSPS) is 16.8. The van der Waals surface area contributed by atoms with Gasteiger partial charge in [-0.15, -0.1) is 0 Å². The molecule has 19 heavy (non-hydrogen) atoms. The van der Waals surface area contributed by atoms with Crippen LogP contribution in [0, 0.1) is 0 Å². The molecular formula is C11H18ClN3O3S. The van der Waals surface area contributed by atoms with Crippen LogP contribution >= 0.6 is 11.6 Å². The van der Waals surface area contributed by atoms with Crippen molar-refractivity contribution in [2.45, 2.75) is 36.8 Å². The number of rotatable bonds is 6. The number of aromatic nitrogens is 2. The third kappa shape index (κ3) is 2.79. The molecule has 0 radical (unpaired) electrons. The first-order chi connectivity index (χ1) is 8.98. The third-order valence-electron chi connectivity index (χ3n) is 3.41. The van der Waals surface area contributed by atoms with Crippen molar-refractivity contribution in [3.63, 3.8) is 0 Å². The van der Waals surface area contributed by atoms with Crippen molar-refractivity contribution in [2.24, 2.45) is 7.05 Å². The van der Waals surface area contributed by atoms with Crippen molar-refractivity contribution in [3.05, 3.63) is 11.5 Å². The van der Waals surface area contributed by atoms with Gasteiger partial charge in [0, 0.05) is 26.2 Å². The van der Waals surface area contributed by atoms with Gasteiger partial charge in [0.1, 0.15) is 5.15 Å². The summed E-state index contributed by atoms with van der Waals surface area (Å²) in [4.78, 5) is 3.90. The average molecular weight is 308 g/mol. The Morgan fingerprint density at radius 2 is 2.26 bits per heavy atom. The molecule has 1 aromatic heterocycles. The number of aliphatic hydroxyl groups is 1. The van der Waals surface area contributed by atoms with Crippen LogP contribution in [-0.4, -0.2) is 46.6 Å². The first-order valence-corrected chi connectivity index (χ1v) is 8.10. The summed E-state index contributed by atoms with van der Waals surface area (Å²) in [5, 5.41) is 8.94. The lowest BCUT2D eigenvalue weighted by atomic mass is 9.93. The van der Waals surface area contributed by atoms with Gasteiger partial charge in [-0.3, -0.25) is 0 Å². The van der Waals surface area contributed by atoms with Gasteiger partial charge in [-0.05, 0) is 19.3 Å². The SMILES string of the molecule is Cn1cnc(S(=O)(=O)N(CCCO)C2CCC2)c1Cl. The molecule has 0 saturated heterocycles. The molecule has 1 aromatic rings. The molecule has 1 heterocycles. The molecule has 6 nitrogen and oxygen atoms in total. The Morgan fingerprint density at radius 3 is 2.68 bits per heavy atom. The molecule has 0 aromatic carbocycles. The van der Waals surface area contributed by atoms with Gasteiger partial charge in [-0.1, -0.05) is 18.0 Å². The van der Waals surface area contributed by atoms with Crippen molar-refractivity contribution in [1.82, 2.24) is 13.9 Å². The summed E-state index contributed by atoms with van der Waals surface area (Å²) >= 11 is 5.98. The van der Waals surface area contributed by atoms with E-state index in [2.05, 4.69) is 4.98 Å². The van der Waals surface area contributed by atoms with Crippen LogP contribution in [0.2, 0.25) is 5.15 Å². The highest BCUT2D eigenvalue weighted by molar-refractivity contribution is 7.89. The van der Waals surface area contributed by atoms with E-state index in [4.69, 9.17) is 16.7 Å². The molecule has 0 spiro atoms. The molecule has 1 aliphatic carbocycles. The minimum Gasteiger partial charge on any atom is -0.396 e. The molecule has 8 heteroatoms. The summed E-state index contributed by atoms with van der Waals surface area (Å²) in [6, 6.07) is 0.00891. The number of aryl methyl sites for hydroxylation is 1. The van der Waals surface area contributed by atoms with E-state index < -0.39 is 10.0 Å². The Labute approximate surface area is 118 Å². The minimum absolute atomic E-state index is 0.00891. The van der Waals surface area contributed by atoms with E-state index in [1.54, 1.807) is 7.05 Å². The number of aliphatic hydroxyl groups excluding tert-OH is 1. The highest BCUT2D eigenvalue weighted by Crippen LogP contribution is 2.31. The lowest BCUT2D eigenvalue weighted by Crippen LogP contribution is -2.45. The van der Waals surface area contributed by atoms with Gasteiger partial charge in [0.25, 0.3) is 10.0 Å². The van der Waals surface area contributed by atoms with Crippen molar-refractivity contribution in [3.8, 4) is 0 Å². The fraction of sp³-hybridized carbons (Fsp3) is 0.727. The smallest absolute Gasteiger partial charge is 0.263 e. The maximum Gasteiger partial charge on any atom is 0.263 e. The molecule has 0 atom stereocenters. The van der Waals surface area contributed by atoms with E-state index in [0.29, 0.717) is 13.0 Å². The first kappa shape index (κ1) is 14.8. The molecule has 1 N–H and O–H groups in total. The predicted octanol–water partition coefficient (Wildman–Crippen LogP) is 0.999. The first-order valence-electron chi connectivity index (χ1n) is 6.28. The zero-order valence-electron chi connectivity index (χ0n) is 10.8. The molecule has 0 aliphatic heterocycles. The number of sulfonamides is 1. The predicted molar refractivity (Wildman–Crippen MR) is 71.5 cm³/mol. The Bertz CT molecular complexity index is 539. The molecule has 108 valence electrons. The second kappa shape index (κ2) is 5.78. The van der Waals surface area contributed by atoms with Crippen LogP contribution in [0.25, 0.3) is 0 Å². The number of hydrogen-bond acceptors (Lipinski definition) is 4. The summed E-state index contributed by atoms with van der Waals surface area (Å²) < 4.78 is 28.1. The van der Waals surface area contributed by atoms with E-state index in [-0.39, 0.29) is 22.8 Å². The molecule has 0 amide bonds. The molecule has 2 rings (SSSR count). The zero-order chi connectivity index (χ0) is 14.0. The highest BCUT2D eigenvalue weighted by atomic mass is 35.5.